The summed E-state index contributed by atoms with van der Waals surface area (Å²) in [5.74, 6) is 5.65. The molecular weight excluding hydrogens is 336 g/mol. The number of hydrogen-bond donors (Lipinski definition) is 0. The highest BCUT2D eigenvalue weighted by molar-refractivity contribution is 5.34. The molecule has 0 radical (unpaired) electrons. The second kappa shape index (κ2) is 7.77. The molecule has 0 bridgehead atoms. The van der Waals surface area contributed by atoms with Gasteiger partial charge in [-0.3, -0.25) is 0 Å². The molecule has 0 aliphatic heterocycles. The molecule has 4 aliphatic carbocycles. The molecule has 0 heteroatoms. The first-order valence-electron chi connectivity index (χ1n) is 13.0. The van der Waals surface area contributed by atoms with Crippen molar-refractivity contribution >= 4 is 0 Å². The van der Waals surface area contributed by atoms with Crippen molar-refractivity contribution in [1.29, 1.82) is 0 Å². The van der Waals surface area contributed by atoms with Gasteiger partial charge in [0, 0.05) is 0 Å². The predicted octanol–water partition coefficient (Wildman–Crippen LogP) is 8.81. The van der Waals surface area contributed by atoms with E-state index < -0.39 is 0 Å². The fourth-order valence-corrected chi connectivity index (χ4v) is 9.03. The van der Waals surface area contributed by atoms with Crippen LogP contribution in [0.3, 0.4) is 0 Å². The molecule has 0 aromatic rings. The van der Waals surface area contributed by atoms with Crippen molar-refractivity contribution in [3.8, 4) is 0 Å². The first-order chi connectivity index (χ1) is 13.3. The Morgan fingerprint density at radius 3 is 2.46 bits per heavy atom. The van der Waals surface area contributed by atoms with E-state index in [2.05, 4.69) is 41.5 Å². The van der Waals surface area contributed by atoms with Crippen molar-refractivity contribution in [2.75, 3.05) is 0 Å². The Labute approximate surface area is 176 Å². The van der Waals surface area contributed by atoms with Crippen molar-refractivity contribution in [1.82, 2.24) is 0 Å². The molecule has 3 saturated carbocycles. The van der Waals surface area contributed by atoms with E-state index in [9.17, 15) is 0 Å². The standard InChI is InChI=1S/C28H48/c1-19(2)9-7-10-20(3)24-14-15-25-22-12-13-23-21(4)11-8-17-27(23,5)26(22)16-18-28(24,25)6/h19-21,23-24,26H,7-18H2,1-6H3/t20-,21-,23+,24-,26+,27+,28-/m1/s1. The normalized spacial score (nSPS) is 44.2. The molecule has 0 heterocycles. The van der Waals surface area contributed by atoms with Crippen LogP contribution in [0.15, 0.2) is 11.1 Å². The minimum absolute atomic E-state index is 0.548. The average molecular weight is 385 g/mol. The highest BCUT2D eigenvalue weighted by Gasteiger charge is 2.55. The monoisotopic (exact) mass is 384 g/mol. The summed E-state index contributed by atoms with van der Waals surface area (Å²) in [6.07, 6.45) is 17.7. The molecular formula is C28H48. The highest BCUT2D eigenvalue weighted by Crippen LogP contribution is 2.66. The molecule has 0 aromatic carbocycles. The summed E-state index contributed by atoms with van der Waals surface area (Å²) < 4.78 is 0. The molecule has 7 atom stereocenters. The van der Waals surface area contributed by atoms with Crippen molar-refractivity contribution in [3.63, 3.8) is 0 Å². The van der Waals surface area contributed by atoms with E-state index in [1.54, 1.807) is 0 Å². The maximum Gasteiger partial charge on any atom is -0.00825 e. The molecule has 0 spiro atoms. The van der Waals surface area contributed by atoms with Gasteiger partial charge in [0.25, 0.3) is 0 Å². The Kier molecular flexibility index (Phi) is 5.83. The number of fused-ring (bicyclic) bond motifs is 4. The minimum atomic E-state index is 0.548. The van der Waals surface area contributed by atoms with Crippen LogP contribution in [0.25, 0.3) is 0 Å². The molecule has 160 valence electrons. The summed E-state index contributed by atoms with van der Waals surface area (Å²) in [5, 5.41) is 0. The second-order valence-corrected chi connectivity index (χ2v) is 12.5. The van der Waals surface area contributed by atoms with Gasteiger partial charge in [-0.15, -0.1) is 0 Å². The van der Waals surface area contributed by atoms with Gasteiger partial charge in [-0.1, -0.05) is 84.8 Å². The summed E-state index contributed by atoms with van der Waals surface area (Å²) >= 11 is 0. The summed E-state index contributed by atoms with van der Waals surface area (Å²) in [6.45, 7) is 15.3. The fourth-order valence-electron chi connectivity index (χ4n) is 9.03. The molecule has 28 heavy (non-hydrogen) atoms. The van der Waals surface area contributed by atoms with E-state index in [0.29, 0.717) is 10.8 Å². The van der Waals surface area contributed by atoms with E-state index in [1.807, 2.05) is 11.1 Å². The van der Waals surface area contributed by atoms with Crippen molar-refractivity contribution < 1.29 is 0 Å². The van der Waals surface area contributed by atoms with Crippen molar-refractivity contribution in [3.05, 3.63) is 11.1 Å². The zero-order valence-electron chi connectivity index (χ0n) is 19.9. The summed E-state index contributed by atoms with van der Waals surface area (Å²) in [7, 11) is 0. The van der Waals surface area contributed by atoms with Gasteiger partial charge in [0.05, 0.1) is 0 Å². The molecule has 0 unspecified atom stereocenters. The maximum absolute atomic E-state index is 2.71. The highest BCUT2D eigenvalue weighted by atomic mass is 14.6. The lowest BCUT2D eigenvalue weighted by Crippen LogP contribution is -2.48. The minimum Gasteiger partial charge on any atom is -0.0668 e. The van der Waals surface area contributed by atoms with Gasteiger partial charge < -0.3 is 0 Å². The predicted molar refractivity (Wildman–Crippen MR) is 122 cm³/mol. The van der Waals surface area contributed by atoms with E-state index in [0.717, 1.165) is 35.5 Å². The van der Waals surface area contributed by atoms with Crippen LogP contribution in [-0.4, -0.2) is 0 Å². The average Bonchev–Trinajstić information content (AvgIpc) is 2.98. The Hall–Kier alpha value is -0.260. The summed E-state index contributed by atoms with van der Waals surface area (Å²) in [4.78, 5) is 0. The van der Waals surface area contributed by atoms with Gasteiger partial charge in [0.15, 0.2) is 0 Å². The van der Waals surface area contributed by atoms with Gasteiger partial charge in [0.2, 0.25) is 0 Å². The Morgan fingerprint density at radius 2 is 1.71 bits per heavy atom. The van der Waals surface area contributed by atoms with Crippen LogP contribution in [-0.2, 0) is 0 Å². The molecule has 0 N–H and O–H groups in total. The molecule has 0 saturated heterocycles. The van der Waals surface area contributed by atoms with Crippen molar-refractivity contribution in [2.45, 2.75) is 119 Å². The maximum atomic E-state index is 2.71. The van der Waals surface area contributed by atoms with Crippen LogP contribution < -0.4 is 0 Å². The lowest BCUT2D eigenvalue weighted by molar-refractivity contribution is -0.0201. The molecule has 4 rings (SSSR count). The van der Waals surface area contributed by atoms with Crippen LogP contribution in [0.1, 0.15) is 119 Å². The summed E-state index contributed by atoms with van der Waals surface area (Å²) in [6, 6.07) is 0. The van der Waals surface area contributed by atoms with Crippen LogP contribution in [0.2, 0.25) is 0 Å². The number of hydrogen-bond acceptors (Lipinski definition) is 0. The number of allylic oxidation sites excluding steroid dienone is 2. The largest absolute Gasteiger partial charge is 0.0668 e. The SMILES string of the molecule is CC(C)CCC[C@@H](C)[C@H]1CCC2=C3CC[C@H]4[C@H](C)CCC[C@]4(C)[C@H]3CC[C@@]21C. The van der Waals surface area contributed by atoms with Gasteiger partial charge in [0.1, 0.15) is 0 Å². The van der Waals surface area contributed by atoms with Crippen molar-refractivity contribution in [2.24, 2.45) is 46.3 Å². The third kappa shape index (κ3) is 3.33. The quantitative estimate of drug-likeness (QED) is 0.415. The Bertz CT molecular complexity index is 597. The second-order valence-electron chi connectivity index (χ2n) is 12.5. The Balaban J connectivity index is 1.55. The van der Waals surface area contributed by atoms with E-state index in [4.69, 9.17) is 0 Å². The third-order valence-electron chi connectivity index (χ3n) is 10.5. The lowest BCUT2D eigenvalue weighted by atomic mass is 9.47. The first kappa shape index (κ1) is 21.0. The van der Waals surface area contributed by atoms with Gasteiger partial charge in [-0.2, -0.15) is 0 Å². The van der Waals surface area contributed by atoms with E-state index >= 15 is 0 Å². The molecule has 3 fully saturated rings. The summed E-state index contributed by atoms with van der Waals surface area (Å²) in [5.41, 5.74) is 5.16. The number of rotatable bonds is 5. The molecule has 0 aromatic heterocycles. The van der Waals surface area contributed by atoms with Gasteiger partial charge in [-0.25, -0.2) is 0 Å². The third-order valence-corrected chi connectivity index (χ3v) is 10.5. The molecule has 0 nitrogen and oxygen atoms in total. The zero-order chi connectivity index (χ0) is 20.1. The lowest BCUT2D eigenvalue weighted by Gasteiger charge is -2.57. The molecule has 0 amide bonds. The van der Waals surface area contributed by atoms with E-state index in [-0.39, 0.29) is 0 Å². The smallest absolute Gasteiger partial charge is 0.00825 e. The fraction of sp³-hybridized carbons (Fsp3) is 0.929. The first-order valence-corrected chi connectivity index (χ1v) is 13.0. The van der Waals surface area contributed by atoms with Crippen LogP contribution >= 0.6 is 0 Å². The van der Waals surface area contributed by atoms with Gasteiger partial charge >= 0.3 is 0 Å². The topological polar surface area (TPSA) is 0 Å². The van der Waals surface area contributed by atoms with Gasteiger partial charge in [-0.05, 0) is 91.3 Å². The van der Waals surface area contributed by atoms with Crippen LogP contribution in [0.5, 0.6) is 0 Å². The zero-order valence-corrected chi connectivity index (χ0v) is 19.9. The van der Waals surface area contributed by atoms with Crippen LogP contribution in [0.4, 0.5) is 0 Å². The van der Waals surface area contributed by atoms with Crippen LogP contribution in [0, 0.1) is 46.3 Å². The molecule has 4 aliphatic rings. The Morgan fingerprint density at radius 1 is 0.929 bits per heavy atom. The van der Waals surface area contributed by atoms with E-state index in [1.165, 1.54) is 77.0 Å².